The molecule has 0 saturated heterocycles. The largest absolute Gasteiger partial charge is 0.493 e. The quantitative estimate of drug-likeness (QED) is 0.757. The van der Waals surface area contributed by atoms with Crippen molar-refractivity contribution in [3.8, 4) is 5.75 Å². The van der Waals surface area contributed by atoms with Gasteiger partial charge in [-0.25, -0.2) is 0 Å². The molecule has 0 N–H and O–H groups in total. The van der Waals surface area contributed by atoms with Crippen LogP contribution in [0.25, 0.3) is 6.08 Å². The zero-order valence-corrected chi connectivity index (χ0v) is 15.9. The summed E-state index contributed by atoms with van der Waals surface area (Å²) in [7, 11) is 2.16. The first kappa shape index (κ1) is 17.8. The molecule has 3 rings (SSSR count). The van der Waals surface area contributed by atoms with Gasteiger partial charge in [0.2, 0.25) is 0 Å². The second kappa shape index (κ2) is 7.45. The van der Waals surface area contributed by atoms with Crippen LogP contribution in [-0.2, 0) is 18.4 Å². The Morgan fingerprint density at radius 3 is 2.56 bits per heavy atom. The van der Waals surface area contributed by atoms with Gasteiger partial charge in [0.15, 0.2) is 0 Å². The van der Waals surface area contributed by atoms with Gasteiger partial charge < -0.3 is 4.74 Å². The van der Waals surface area contributed by atoms with Crippen LogP contribution in [0.1, 0.15) is 43.0 Å². The maximum absolute atomic E-state index is 5.58. The lowest BCUT2D eigenvalue weighted by Gasteiger charge is -2.18. The molecule has 0 saturated carbocycles. The summed E-state index contributed by atoms with van der Waals surface area (Å²) in [5.74, 6) is 1.06. The molecular weight excluding hydrogens is 306 g/mol. The molecule has 0 bridgehead atoms. The van der Waals surface area contributed by atoms with E-state index in [1.165, 1.54) is 22.3 Å². The first-order valence-electron chi connectivity index (χ1n) is 9.12. The van der Waals surface area contributed by atoms with Crippen molar-refractivity contribution in [3.63, 3.8) is 0 Å². The average molecular weight is 335 g/mol. The Labute approximate surface area is 152 Å². The first-order chi connectivity index (χ1) is 11.9. The Morgan fingerprint density at radius 1 is 1.08 bits per heavy atom. The first-order valence-corrected chi connectivity index (χ1v) is 9.12. The number of rotatable bonds is 5. The lowest BCUT2D eigenvalue weighted by Crippen LogP contribution is -2.17. The van der Waals surface area contributed by atoms with Crippen molar-refractivity contribution in [2.75, 3.05) is 20.2 Å². The highest BCUT2D eigenvalue weighted by Crippen LogP contribution is 2.26. The molecular formula is C23H29NO. The van der Waals surface area contributed by atoms with Crippen molar-refractivity contribution >= 4 is 6.08 Å². The Kier molecular flexibility index (Phi) is 5.29. The molecule has 0 radical (unpaired) electrons. The smallest absolute Gasteiger partial charge is 0.122 e. The van der Waals surface area contributed by atoms with Crippen LogP contribution in [0.2, 0.25) is 0 Å². The number of nitrogens with zero attached hydrogens (tertiary/aromatic N) is 1. The van der Waals surface area contributed by atoms with E-state index < -0.39 is 0 Å². The minimum absolute atomic E-state index is 0.212. The van der Waals surface area contributed by atoms with Gasteiger partial charge in [0.25, 0.3) is 0 Å². The van der Waals surface area contributed by atoms with E-state index >= 15 is 0 Å². The van der Waals surface area contributed by atoms with Crippen LogP contribution < -0.4 is 4.74 Å². The number of ether oxygens (including phenoxy) is 1. The van der Waals surface area contributed by atoms with Gasteiger partial charge in [-0.1, -0.05) is 69.3 Å². The topological polar surface area (TPSA) is 12.5 Å². The number of likely N-dealkylation sites (N-methyl/N-ethyl adjacent to an activating group) is 1. The molecule has 1 aliphatic rings. The molecule has 1 heterocycles. The fourth-order valence-electron chi connectivity index (χ4n) is 3.18. The van der Waals surface area contributed by atoms with Crippen molar-refractivity contribution in [1.82, 2.24) is 4.90 Å². The van der Waals surface area contributed by atoms with Crippen molar-refractivity contribution in [2.24, 2.45) is 0 Å². The standard InChI is InChI=1S/C23H29NO/c1-23(2,3)21-10-7-18(8-11-21)6-5-14-24(4)17-19-9-12-22-20(16-19)13-15-25-22/h5-12,16H,13-15,17H2,1-4H3. The fourth-order valence-corrected chi connectivity index (χ4v) is 3.18. The molecule has 0 aromatic heterocycles. The van der Waals surface area contributed by atoms with Gasteiger partial charge >= 0.3 is 0 Å². The van der Waals surface area contributed by atoms with Gasteiger partial charge in [-0.15, -0.1) is 0 Å². The minimum atomic E-state index is 0.212. The van der Waals surface area contributed by atoms with Gasteiger partial charge in [-0.05, 0) is 40.8 Å². The van der Waals surface area contributed by atoms with Crippen LogP contribution in [0.15, 0.2) is 48.5 Å². The molecule has 0 unspecified atom stereocenters. The van der Waals surface area contributed by atoms with E-state index in [1.807, 2.05) is 0 Å². The van der Waals surface area contributed by atoms with Gasteiger partial charge in [0.1, 0.15) is 5.75 Å². The predicted molar refractivity (Wildman–Crippen MR) is 106 cm³/mol. The van der Waals surface area contributed by atoms with Gasteiger partial charge in [0, 0.05) is 19.5 Å². The van der Waals surface area contributed by atoms with Crippen molar-refractivity contribution in [1.29, 1.82) is 0 Å². The monoisotopic (exact) mass is 335 g/mol. The molecule has 0 aliphatic carbocycles. The van der Waals surface area contributed by atoms with E-state index in [0.29, 0.717) is 0 Å². The fraction of sp³-hybridized carbons (Fsp3) is 0.391. The zero-order valence-electron chi connectivity index (χ0n) is 15.9. The number of fused-ring (bicyclic) bond motifs is 1. The second-order valence-electron chi connectivity index (χ2n) is 8.01. The highest BCUT2D eigenvalue weighted by atomic mass is 16.5. The summed E-state index contributed by atoms with van der Waals surface area (Å²) in [6, 6.07) is 15.4. The lowest BCUT2D eigenvalue weighted by atomic mass is 9.87. The van der Waals surface area contributed by atoms with Crippen molar-refractivity contribution in [3.05, 3.63) is 70.8 Å². The number of hydrogen-bond donors (Lipinski definition) is 0. The van der Waals surface area contributed by atoms with E-state index in [0.717, 1.165) is 31.9 Å². The molecule has 2 aromatic rings. The van der Waals surface area contributed by atoms with Crippen LogP contribution in [0.5, 0.6) is 5.75 Å². The van der Waals surface area contributed by atoms with Crippen LogP contribution in [0, 0.1) is 0 Å². The summed E-state index contributed by atoms with van der Waals surface area (Å²) in [5, 5.41) is 0. The predicted octanol–water partition coefficient (Wildman–Crippen LogP) is 5.06. The summed E-state index contributed by atoms with van der Waals surface area (Å²) in [6.07, 6.45) is 5.49. The van der Waals surface area contributed by atoms with Gasteiger partial charge in [-0.2, -0.15) is 0 Å². The van der Waals surface area contributed by atoms with Crippen LogP contribution >= 0.6 is 0 Å². The molecule has 0 fully saturated rings. The SMILES string of the molecule is CN(CC=Cc1ccc(C(C)(C)C)cc1)Cc1ccc2c(c1)CCO2. The van der Waals surface area contributed by atoms with E-state index in [2.05, 4.69) is 87.3 Å². The molecule has 0 amide bonds. The highest BCUT2D eigenvalue weighted by Gasteiger charge is 2.13. The number of hydrogen-bond acceptors (Lipinski definition) is 2. The Balaban J connectivity index is 1.53. The Hall–Kier alpha value is -2.06. The van der Waals surface area contributed by atoms with E-state index in [1.54, 1.807) is 0 Å². The van der Waals surface area contributed by atoms with Crippen LogP contribution in [0.3, 0.4) is 0 Å². The summed E-state index contributed by atoms with van der Waals surface area (Å²) in [4.78, 5) is 2.33. The summed E-state index contributed by atoms with van der Waals surface area (Å²) in [5.41, 5.74) is 5.55. The molecule has 2 aromatic carbocycles. The highest BCUT2D eigenvalue weighted by molar-refractivity contribution is 5.50. The van der Waals surface area contributed by atoms with E-state index in [9.17, 15) is 0 Å². The third kappa shape index (κ3) is 4.73. The van der Waals surface area contributed by atoms with E-state index in [-0.39, 0.29) is 5.41 Å². The molecule has 1 aliphatic heterocycles. The third-order valence-corrected chi connectivity index (χ3v) is 4.71. The Morgan fingerprint density at radius 2 is 1.84 bits per heavy atom. The van der Waals surface area contributed by atoms with Gasteiger partial charge in [0.05, 0.1) is 6.61 Å². The molecule has 132 valence electrons. The Bertz CT molecular complexity index is 738. The molecule has 0 spiro atoms. The van der Waals surface area contributed by atoms with E-state index in [4.69, 9.17) is 4.74 Å². The molecule has 2 heteroatoms. The van der Waals surface area contributed by atoms with Gasteiger partial charge in [-0.3, -0.25) is 4.90 Å². The lowest BCUT2D eigenvalue weighted by molar-refractivity contribution is 0.356. The summed E-state index contributed by atoms with van der Waals surface area (Å²) in [6.45, 7) is 9.47. The van der Waals surface area contributed by atoms with Crippen molar-refractivity contribution in [2.45, 2.75) is 39.2 Å². The number of benzene rings is 2. The minimum Gasteiger partial charge on any atom is -0.493 e. The average Bonchev–Trinajstić information content (AvgIpc) is 3.02. The van der Waals surface area contributed by atoms with Crippen molar-refractivity contribution < 1.29 is 4.74 Å². The molecule has 25 heavy (non-hydrogen) atoms. The summed E-state index contributed by atoms with van der Waals surface area (Å²) >= 11 is 0. The maximum atomic E-state index is 5.58. The van der Waals surface area contributed by atoms with Crippen LogP contribution in [0.4, 0.5) is 0 Å². The van der Waals surface area contributed by atoms with Crippen LogP contribution in [-0.4, -0.2) is 25.1 Å². The maximum Gasteiger partial charge on any atom is 0.122 e. The molecule has 0 atom stereocenters. The summed E-state index contributed by atoms with van der Waals surface area (Å²) < 4.78 is 5.58. The third-order valence-electron chi connectivity index (χ3n) is 4.71. The molecule has 2 nitrogen and oxygen atoms in total. The zero-order chi connectivity index (χ0) is 17.9. The second-order valence-corrected chi connectivity index (χ2v) is 8.01. The normalized spacial score (nSPS) is 14.1.